The van der Waals surface area contributed by atoms with Gasteiger partial charge in [0.1, 0.15) is 0 Å². The summed E-state index contributed by atoms with van der Waals surface area (Å²) < 4.78 is 53.2. The van der Waals surface area contributed by atoms with E-state index in [1.54, 1.807) is 21.3 Å². The number of carbonyl (C=O) groups is 1. The van der Waals surface area contributed by atoms with Crippen molar-refractivity contribution in [3.05, 3.63) is 35.2 Å². The normalized spacial score (nSPS) is 10.9. The summed E-state index contributed by atoms with van der Waals surface area (Å²) in [6, 6.07) is 5.79. The summed E-state index contributed by atoms with van der Waals surface area (Å²) in [6.45, 7) is 3.26. The van der Waals surface area contributed by atoms with Crippen LogP contribution in [0.1, 0.15) is 17.0 Å². The number of halogens is 3. The first kappa shape index (κ1) is 24.1. The van der Waals surface area contributed by atoms with Crippen LogP contribution in [0.25, 0.3) is 0 Å². The van der Waals surface area contributed by atoms with Gasteiger partial charge in [-0.1, -0.05) is 11.2 Å². The Labute approximate surface area is 165 Å². The number of nitrogens with zero attached hydrogens (tertiary/aromatic N) is 2. The molecule has 0 spiro atoms. The van der Waals surface area contributed by atoms with Crippen LogP contribution in [0, 0.1) is 6.92 Å². The maximum atomic E-state index is 10.6. The standard InChI is InChI=1S/C16H22N2O4.C2HF3O2/c1-11-8-13(22-17-11)10-18(2)9-12-6-7-14(19-3)16(21-5)15(12)20-4;3-2(4,5)1(6)7/h6-8H,9-10H2,1-5H3;(H,6,7). The molecule has 0 saturated heterocycles. The van der Waals surface area contributed by atoms with Crippen molar-refractivity contribution in [2.75, 3.05) is 28.4 Å². The minimum atomic E-state index is -5.08. The second kappa shape index (κ2) is 10.6. The molecule has 1 N–H and O–H groups in total. The minimum absolute atomic E-state index is 0.603. The highest BCUT2D eigenvalue weighted by molar-refractivity contribution is 5.73. The van der Waals surface area contributed by atoms with Crippen molar-refractivity contribution < 1.29 is 41.8 Å². The second-order valence-corrected chi connectivity index (χ2v) is 5.90. The van der Waals surface area contributed by atoms with E-state index in [9.17, 15) is 13.2 Å². The first-order valence-corrected chi connectivity index (χ1v) is 8.22. The highest BCUT2D eigenvalue weighted by Gasteiger charge is 2.38. The Morgan fingerprint density at radius 3 is 2.14 bits per heavy atom. The summed E-state index contributed by atoms with van der Waals surface area (Å²) in [5.74, 6) is 0.0115. The summed E-state index contributed by atoms with van der Waals surface area (Å²) in [5.41, 5.74) is 1.89. The number of carboxylic acids is 1. The number of rotatable bonds is 7. The Bertz CT molecular complexity index is 807. The van der Waals surface area contributed by atoms with Crippen LogP contribution in [-0.4, -0.2) is 55.7 Å². The van der Waals surface area contributed by atoms with Crippen molar-refractivity contribution in [3.8, 4) is 17.2 Å². The molecule has 0 aliphatic carbocycles. The van der Waals surface area contributed by atoms with Crippen molar-refractivity contribution in [1.82, 2.24) is 10.1 Å². The van der Waals surface area contributed by atoms with E-state index in [4.69, 9.17) is 28.6 Å². The molecule has 0 atom stereocenters. The zero-order chi connectivity index (χ0) is 22.2. The molecule has 0 bridgehead atoms. The van der Waals surface area contributed by atoms with E-state index in [1.165, 1.54) is 0 Å². The van der Waals surface area contributed by atoms with Gasteiger partial charge in [0.25, 0.3) is 0 Å². The van der Waals surface area contributed by atoms with E-state index >= 15 is 0 Å². The van der Waals surface area contributed by atoms with Crippen molar-refractivity contribution in [2.24, 2.45) is 0 Å². The third-order valence-electron chi connectivity index (χ3n) is 3.57. The number of ether oxygens (including phenoxy) is 3. The van der Waals surface area contributed by atoms with Crippen LogP contribution in [0.3, 0.4) is 0 Å². The quantitative estimate of drug-likeness (QED) is 0.730. The molecule has 2 aromatic rings. The van der Waals surface area contributed by atoms with E-state index in [1.807, 2.05) is 32.2 Å². The molecular weight excluding hydrogens is 397 g/mol. The molecule has 2 rings (SSSR count). The van der Waals surface area contributed by atoms with Gasteiger partial charge in [-0.15, -0.1) is 0 Å². The van der Waals surface area contributed by atoms with Crippen LogP contribution in [0.4, 0.5) is 13.2 Å². The maximum absolute atomic E-state index is 10.6. The van der Waals surface area contributed by atoms with Gasteiger partial charge in [0.05, 0.1) is 33.6 Å². The van der Waals surface area contributed by atoms with E-state index in [2.05, 4.69) is 10.1 Å². The van der Waals surface area contributed by atoms with Gasteiger partial charge in [-0.05, 0) is 20.0 Å². The number of carboxylic acid groups (broad SMARTS) is 1. The van der Waals surface area contributed by atoms with Crippen LogP contribution < -0.4 is 14.2 Å². The van der Waals surface area contributed by atoms with Crippen LogP contribution in [0.15, 0.2) is 22.7 Å². The zero-order valence-corrected chi connectivity index (χ0v) is 16.7. The van der Waals surface area contributed by atoms with Crippen LogP contribution >= 0.6 is 0 Å². The molecule has 0 fully saturated rings. The molecule has 1 aromatic heterocycles. The largest absolute Gasteiger partial charge is 0.493 e. The lowest BCUT2D eigenvalue weighted by atomic mass is 10.1. The van der Waals surface area contributed by atoms with Gasteiger partial charge in [-0.2, -0.15) is 13.2 Å². The molecule has 162 valence electrons. The van der Waals surface area contributed by atoms with Crippen molar-refractivity contribution in [3.63, 3.8) is 0 Å². The highest BCUT2D eigenvalue weighted by atomic mass is 19.4. The van der Waals surface area contributed by atoms with E-state index in [-0.39, 0.29) is 0 Å². The summed E-state index contributed by atoms with van der Waals surface area (Å²) in [4.78, 5) is 11.0. The van der Waals surface area contributed by atoms with Gasteiger partial charge in [0.2, 0.25) is 5.75 Å². The predicted molar refractivity (Wildman–Crippen MR) is 96.2 cm³/mol. The van der Waals surface area contributed by atoms with Crippen molar-refractivity contribution >= 4 is 5.97 Å². The second-order valence-electron chi connectivity index (χ2n) is 5.90. The number of aromatic nitrogens is 1. The highest BCUT2D eigenvalue weighted by Crippen LogP contribution is 2.40. The minimum Gasteiger partial charge on any atom is -0.493 e. The van der Waals surface area contributed by atoms with Gasteiger partial charge >= 0.3 is 12.1 Å². The number of aliphatic carboxylic acids is 1. The molecule has 1 aromatic carbocycles. The summed E-state index contributed by atoms with van der Waals surface area (Å²) in [6.07, 6.45) is -5.08. The van der Waals surface area contributed by atoms with Crippen LogP contribution in [-0.2, 0) is 17.9 Å². The van der Waals surface area contributed by atoms with Crippen molar-refractivity contribution in [2.45, 2.75) is 26.2 Å². The molecule has 0 radical (unpaired) electrons. The molecule has 1 heterocycles. The molecular formula is C18H23F3N2O6. The third-order valence-corrected chi connectivity index (χ3v) is 3.57. The average Bonchev–Trinajstić information content (AvgIpc) is 3.05. The SMILES string of the molecule is COc1ccc(CN(C)Cc2cc(C)no2)c(OC)c1OC.O=C(O)C(F)(F)F. The van der Waals surface area contributed by atoms with E-state index in [0.29, 0.717) is 30.3 Å². The molecule has 8 nitrogen and oxygen atoms in total. The molecule has 0 amide bonds. The molecule has 11 heteroatoms. The number of aryl methyl sites for hydroxylation is 1. The number of methoxy groups -OCH3 is 3. The first-order valence-electron chi connectivity index (χ1n) is 8.22. The maximum Gasteiger partial charge on any atom is 0.490 e. The Kier molecular flexibility index (Phi) is 8.77. The Hall–Kier alpha value is -2.95. The lowest BCUT2D eigenvalue weighted by molar-refractivity contribution is -0.192. The van der Waals surface area contributed by atoms with Crippen molar-refractivity contribution in [1.29, 1.82) is 0 Å². The molecule has 0 aliphatic heterocycles. The lowest BCUT2D eigenvalue weighted by Crippen LogP contribution is -2.21. The first-order chi connectivity index (χ1) is 13.5. The van der Waals surface area contributed by atoms with E-state index < -0.39 is 12.1 Å². The lowest BCUT2D eigenvalue weighted by Gasteiger charge is -2.19. The fourth-order valence-electron chi connectivity index (χ4n) is 2.39. The Morgan fingerprint density at radius 1 is 1.14 bits per heavy atom. The summed E-state index contributed by atoms with van der Waals surface area (Å²) >= 11 is 0. The molecule has 0 aliphatic rings. The monoisotopic (exact) mass is 420 g/mol. The predicted octanol–water partition coefficient (Wildman–Crippen LogP) is 3.27. The fourth-order valence-corrected chi connectivity index (χ4v) is 2.39. The fraction of sp³-hybridized carbons (Fsp3) is 0.444. The van der Waals surface area contributed by atoms with Gasteiger partial charge in [-0.25, -0.2) is 4.79 Å². The number of alkyl halides is 3. The third kappa shape index (κ3) is 7.18. The summed E-state index contributed by atoms with van der Waals surface area (Å²) in [7, 11) is 6.84. The van der Waals surface area contributed by atoms with Gasteiger partial charge < -0.3 is 23.8 Å². The number of hydrogen-bond donors (Lipinski definition) is 1. The molecule has 0 unspecified atom stereocenters. The van der Waals surface area contributed by atoms with Gasteiger partial charge in [0.15, 0.2) is 17.3 Å². The topological polar surface area (TPSA) is 94.3 Å². The Balaban J connectivity index is 0.000000516. The number of hydrogen-bond acceptors (Lipinski definition) is 7. The average molecular weight is 420 g/mol. The zero-order valence-electron chi connectivity index (χ0n) is 16.7. The van der Waals surface area contributed by atoms with Gasteiger partial charge in [0, 0.05) is 18.2 Å². The molecule has 0 saturated carbocycles. The Morgan fingerprint density at radius 2 is 1.72 bits per heavy atom. The summed E-state index contributed by atoms with van der Waals surface area (Å²) in [5, 5.41) is 11.0. The number of benzene rings is 1. The van der Waals surface area contributed by atoms with E-state index in [0.717, 1.165) is 17.0 Å². The van der Waals surface area contributed by atoms with Gasteiger partial charge in [-0.3, -0.25) is 4.90 Å². The van der Waals surface area contributed by atoms with Crippen LogP contribution in [0.2, 0.25) is 0 Å². The molecule has 29 heavy (non-hydrogen) atoms. The smallest absolute Gasteiger partial charge is 0.490 e. The van der Waals surface area contributed by atoms with Crippen LogP contribution in [0.5, 0.6) is 17.2 Å².